The molecule has 0 radical (unpaired) electrons. The SMILES string of the molecule is CCCC(C)CC1CNCCC1C. The van der Waals surface area contributed by atoms with Gasteiger partial charge in [-0.25, -0.2) is 0 Å². The summed E-state index contributed by atoms with van der Waals surface area (Å²) < 4.78 is 0. The zero-order valence-electron chi connectivity index (χ0n) is 9.47. The van der Waals surface area contributed by atoms with Gasteiger partial charge >= 0.3 is 0 Å². The van der Waals surface area contributed by atoms with Crippen LogP contribution in [-0.4, -0.2) is 13.1 Å². The molecule has 3 atom stereocenters. The van der Waals surface area contributed by atoms with Crippen molar-refractivity contribution >= 4 is 0 Å². The van der Waals surface area contributed by atoms with Crippen molar-refractivity contribution in [2.24, 2.45) is 17.8 Å². The topological polar surface area (TPSA) is 12.0 Å². The summed E-state index contributed by atoms with van der Waals surface area (Å²) in [6, 6.07) is 0. The Bertz CT molecular complexity index is 133. The van der Waals surface area contributed by atoms with Gasteiger partial charge in [-0.05, 0) is 43.7 Å². The highest BCUT2D eigenvalue weighted by Gasteiger charge is 2.22. The smallest absolute Gasteiger partial charge is 0.00179 e. The predicted octanol–water partition coefficient (Wildman–Crippen LogP) is 3.06. The van der Waals surface area contributed by atoms with Crippen molar-refractivity contribution in [2.75, 3.05) is 13.1 Å². The van der Waals surface area contributed by atoms with E-state index in [9.17, 15) is 0 Å². The van der Waals surface area contributed by atoms with Crippen LogP contribution in [0.15, 0.2) is 0 Å². The first-order valence-corrected chi connectivity index (χ1v) is 5.94. The van der Waals surface area contributed by atoms with Crippen molar-refractivity contribution in [2.45, 2.75) is 46.5 Å². The van der Waals surface area contributed by atoms with Crippen LogP contribution in [0.5, 0.6) is 0 Å². The van der Waals surface area contributed by atoms with Crippen molar-refractivity contribution < 1.29 is 0 Å². The second-order valence-electron chi connectivity index (χ2n) is 4.86. The average molecular weight is 183 g/mol. The Labute approximate surface area is 83.3 Å². The Morgan fingerprint density at radius 3 is 2.85 bits per heavy atom. The summed E-state index contributed by atoms with van der Waals surface area (Å²) in [6.07, 6.45) is 5.56. The fourth-order valence-electron chi connectivity index (χ4n) is 2.50. The van der Waals surface area contributed by atoms with Crippen LogP contribution in [-0.2, 0) is 0 Å². The summed E-state index contributed by atoms with van der Waals surface area (Å²) in [5.74, 6) is 2.81. The van der Waals surface area contributed by atoms with E-state index in [-0.39, 0.29) is 0 Å². The summed E-state index contributed by atoms with van der Waals surface area (Å²) in [7, 11) is 0. The largest absolute Gasteiger partial charge is 0.316 e. The molecule has 1 N–H and O–H groups in total. The molecular formula is C12H25N. The summed E-state index contributed by atoms with van der Waals surface area (Å²) in [4.78, 5) is 0. The molecule has 1 rings (SSSR count). The Morgan fingerprint density at radius 1 is 1.46 bits per heavy atom. The quantitative estimate of drug-likeness (QED) is 0.706. The lowest BCUT2D eigenvalue weighted by Gasteiger charge is -2.31. The van der Waals surface area contributed by atoms with Crippen LogP contribution in [0.3, 0.4) is 0 Å². The van der Waals surface area contributed by atoms with E-state index in [2.05, 4.69) is 26.1 Å². The highest BCUT2D eigenvalue weighted by molar-refractivity contribution is 4.76. The van der Waals surface area contributed by atoms with Gasteiger partial charge in [-0.15, -0.1) is 0 Å². The normalized spacial score (nSPS) is 31.6. The fourth-order valence-corrected chi connectivity index (χ4v) is 2.50. The maximum atomic E-state index is 3.51. The van der Waals surface area contributed by atoms with E-state index in [4.69, 9.17) is 0 Å². The molecule has 1 saturated heterocycles. The fraction of sp³-hybridized carbons (Fsp3) is 1.00. The molecule has 0 amide bonds. The summed E-state index contributed by atoms with van der Waals surface area (Å²) in [6.45, 7) is 9.61. The Hall–Kier alpha value is -0.0400. The van der Waals surface area contributed by atoms with Crippen molar-refractivity contribution in [1.29, 1.82) is 0 Å². The van der Waals surface area contributed by atoms with Gasteiger partial charge in [-0.3, -0.25) is 0 Å². The number of hydrogen-bond acceptors (Lipinski definition) is 1. The van der Waals surface area contributed by atoms with Gasteiger partial charge in [0, 0.05) is 0 Å². The van der Waals surface area contributed by atoms with Crippen LogP contribution in [0.25, 0.3) is 0 Å². The summed E-state index contributed by atoms with van der Waals surface area (Å²) >= 11 is 0. The number of rotatable bonds is 4. The van der Waals surface area contributed by atoms with Crippen molar-refractivity contribution in [3.63, 3.8) is 0 Å². The lowest BCUT2D eigenvalue weighted by Crippen LogP contribution is -2.36. The monoisotopic (exact) mass is 183 g/mol. The first kappa shape index (κ1) is 11.0. The molecule has 0 aromatic carbocycles. The molecular weight excluding hydrogens is 158 g/mol. The number of nitrogens with one attached hydrogen (secondary N) is 1. The summed E-state index contributed by atoms with van der Waals surface area (Å²) in [5.41, 5.74) is 0. The molecule has 1 heteroatoms. The lowest BCUT2D eigenvalue weighted by atomic mass is 9.81. The average Bonchev–Trinajstić information content (AvgIpc) is 2.09. The van der Waals surface area contributed by atoms with Gasteiger partial charge < -0.3 is 5.32 Å². The molecule has 0 aromatic rings. The van der Waals surface area contributed by atoms with Crippen LogP contribution < -0.4 is 5.32 Å². The predicted molar refractivity (Wildman–Crippen MR) is 58.8 cm³/mol. The standard InChI is InChI=1S/C12H25N/c1-4-5-10(2)8-12-9-13-7-6-11(12)3/h10-13H,4-9H2,1-3H3. The molecule has 1 heterocycles. The molecule has 1 aliphatic rings. The van der Waals surface area contributed by atoms with Gasteiger partial charge in [0.05, 0.1) is 0 Å². The second-order valence-corrected chi connectivity index (χ2v) is 4.86. The molecule has 0 bridgehead atoms. The molecule has 0 aromatic heterocycles. The third-order valence-corrected chi connectivity index (χ3v) is 3.47. The van der Waals surface area contributed by atoms with Crippen LogP contribution in [0.4, 0.5) is 0 Å². The van der Waals surface area contributed by atoms with Gasteiger partial charge in [0.25, 0.3) is 0 Å². The minimum absolute atomic E-state index is 0.928. The minimum atomic E-state index is 0.928. The maximum absolute atomic E-state index is 3.51. The molecule has 1 fully saturated rings. The van der Waals surface area contributed by atoms with Crippen LogP contribution >= 0.6 is 0 Å². The van der Waals surface area contributed by atoms with E-state index in [0.29, 0.717) is 0 Å². The van der Waals surface area contributed by atoms with Crippen molar-refractivity contribution in [3.05, 3.63) is 0 Å². The van der Waals surface area contributed by atoms with E-state index in [1.54, 1.807) is 0 Å². The zero-order chi connectivity index (χ0) is 9.68. The molecule has 0 aliphatic carbocycles. The molecule has 1 aliphatic heterocycles. The van der Waals surface area contributed by atoms with E-state index in [1.807, 2.05) is 0 Å². The first-order valence-electron chi connectivity index (χ1n) is 5.94. The van der Waals surface area contributed by atoms with Gasteiger partial charge in [0.1, 0.15) is 0 Å². The van der Waals surface area contributed by atoms with Crippen LogP contribution in [0.1, 0.15) is 46.5 Å². The minimum Gasteiger partial charge on any atom is -0.316 e. The molecule has 3 unspecified atom stereocenters. The highest BCUT2D eigenvalue weighted by atomic mass is 14.9. The van der Waals surface area contributed by atoms with Crippen LogP contribution in [0.2, 0.25) is 0 Å². The van der Waals surface area contributed by atoms with Crippen molar-refractivity contribution in [3.8, 4) is 0 Å². The van der Waals surface area contributed by atoms with E-state index in [0.717, 1.165) is 17.8 Å². The van der Waals surface area contributed by atoms with Gasteiger partial charge in [-0.2, -0.15) is 0 Å². The Morgan fingerprint density at radius 2 is 2.23 bits per heavy atom. The first-order chi connectivity index (χ1) is 6.24. The molecule has 13 heavy (non-hydrogen) atoms. The second kappa shape index (κ2) is 5.64. The molecule has 78 valence electrons. The van der Waals surface area contributed by atoms with E-state index < -0.39 is 0 Å². The Kier molecular flexibility index (Phi) is 4.79. The molecule has 0 saturated carbocycles. The van der Waals surface area contributed by atoms with E-state index >= 15 is 0 Å². The molecule has 1 nitrogen and oxygen atoms in total. The third kappa shape index (κ3) is 3.68. The molecule has 0 spiro atoms. The third-order valence-electron chi connectivity index (χ3n) is 3.47. The zero-order valence-corrected chi connectivity index (χ0v) is 9.47. The maximum Gasteiger partial charge on any atom is -0.00179 e. The van der Waals surface area contributed by atoms with Gasteiger partial charge in [0.2, 0.25) is 0 Å². The van der Waals surface area contributed by atoms with E-state index in [1.165, 1.54) is 38.8 Å². The summed E-state index contributed by atoms with van der Waals surface area (Å²) in [5, 5.41) is 3.51. The van der Waals surface area contributed by atoms with Crippen molar-refractivity contribution in [1.82, 2.24) is 5.32 Å². The van der Waals surface area contributed by atoms with Gasteiger partial charge in [0.15, 0.2) is 0 Å². The van der Waals surface area contributed by atoms with Gasteiger partial charge in [-0.1, -0.05) is 33.6 Å². The Balaban J connectivity index is 2.25. The number of piperidine rings is 1. The van der Waals surface area contributed by atoms with Crippen LogP contribution in [0, 0.1) is 17.8 Å². The lowest BCUT2D eigenvalue weighted by molar-refractivity contribution is 0.227. The number of hydrogen-bond donors (Lipinski definition) is 1. The highest BCUT2D eigenvalue weighted by Crippen LogP contribution is 2.26.